The summed E-state index contributed by atoms with van der Waals surface area (Å²) in [5, 5.41) is 8.15. The number of hydrogen-bond acceptors (Lipinski definition) is 3. The van der Waals surface area contributed by atoms with Crippen LogP contribution < -0.4 is 10.7 Å². The largest absolute Gasteiger partial charge is 0.463 e. The summed E-state index contributed by atoms with van der Waals surface area (Å²) in [6.45, 7) is 0. The number of fused-ring (bicyclic) bond motifs is 5. The van der Waals surface area contributed by atoms with E-state index in [4.69, 9.17) is 16.6 Å². The molecule has 1 aromatic heterocycles. The summed E-state index contributed by atoms with van der Waals surface area (Å²) in [5.74, 6) is 4.01. The van der Waals surface area contributed by atoms with Crippen LogP contribution in [0.2, 0.25) is 0 Å². The van der Waals surface area contributed by atoms with Crippen molar-refractivity contribution in [3.05, 3.63) is 36.3 Å². The van der Waals surface area contributed by atoms with Crippen LogP contribution in [0.5, 0.6) is 0 Å². The lowest BCUT2D eigenvalue weighted by Crippen LogP contribution is -2.45. The summed E-state index contributed by atoms with van der Waals surface area (Å²) in [7, 11) is 0. The van der Waals surface area contributed by atoms with E-state index in [-0.39, 0.29) is 0 Å². The van der Waals surface area contributed by atoms with Crippen molar-refractivity contribution in [3.63, 3.8) is 0 Å². The zero-order valence-electron chi connectivity index (χ0n) is 11.7. The fourth-order valence-electron chi connectivity index (χ4n) is 4.43. The molecule has 2 saturated carbocycles. The third-order valence-electron chi connectivity index (χ3n) is 5.23. The van der Waals surface area contributed by atoms with Gasteiger partial charge in [-0.2, -0.15) is 5.10 Å². The van der Waals surface area contributed by atoms with E-state index in [1.165, 1.54) is 19.3 Å². The first-order valence-electron chi connectivity index (χ1n) is 7.61. The molecule has 110 valence electrons. The predicted octanol–water partition coefficient (Wildman–Crippen LogP) is 2.68. The maximum Gasteiger partial charge on any atom is 0.187 e. The lowest BCUT2D eigenvalue weighted by atomic mass is 9.79. The molecular formula is C16H19N3OS. The first-order valence-corrected chi connectivity index (χ1v) is 8.02. The van der Waals surface area contributed by atoms with Crippen LogP contribution in [-0.2, 0) is 0 Å². The van der Waals surface area contributed by atoms with Crippen LogP contribution in [0.4, 0.5) is 0 Å². The van der Waals surface area contributed by atoms with Crippen LogP contribution in [0.25, 0.3) is 0 Å². The molecule has 0 aliphatic heterocycles. The molecule has 4 rings (SSSR count). The maximum atomic E-state index is 5.34. The van der Waals surface area contributed by atoms with Crippen LogP contribution in [0.15, 0.2) is 40.1 Å². The van der Waals surface area contributed by atoms with Crippen molar-refractivity contribution >= 4 is 23.5 Å². The smallest absolute Gasteiger partial charge is 0.187 e. The Morgan fingerprint density at radius 2 is 2.33 bits per heavy atom. The highest BCUT2D eigenvalue weighted by molar-refractivity contribution is 7.80. The maximum absolute atomic E-state index is 5.34. The van der Waals surface area contributed by atoms with Gasteiger partial charge in [0.05, 0.1) is 12.5 Å². The van der Waals surface area contributed by atoms with Gasteiger partial charge in [-0.15, -0.1) is 0 Å². The van der Waals surface area contributed by atoms with E-state index in [0.717, 1.165) is 23.7 Å². The summed E-state index contributed by atoms with van der Waals surface area (Å²) < 4.78 is 5.18. The quantitative estimate of drug-likeness (QED) is 0.390. The van der Waals surface area contributed by atoms with Crippen molar-refractivity contribution in [2.75, 3.05) is 0 Å². The van der Waals surface area contributed by atoms with E-state index >= 15 is 0 Å². The topological polar surface area (TPSA) is 49.6 Å². The Bertz CT molecular complexity index is 580. The van der Waals surface area contributed by atoms with Gasteiger partial charge in [-0.05, 0) is 67.3 Å². The van der Waals surface area contributed by atoms with Gasteiger partial charge in [0.1, 0.15) is 5.76 Å². The van der Waals surface area contributed by atoms with Gasteiger partial charge in [0, 0.05) is 6.04 Å². The van der Waals surface area contributed by atoms with Gasteiger partial charge in [0.2, 0.25) is 0 Å². The second-order valence-electron chi connectivity index (χ2n) is 6.27. The first-order chi connectivity index (χ1) is 10.3. The molecule has 0 spiro atoms. The lowest BCUT2D eigenvalue weighted by Gasteiger charge is -2.32. The Hall–Kier alpha value is -1.62. The van der Waals surface area contributed by atoms with Crippen molar-refractivity contribution in [1.82, 2.24) is 10.7 Å². The van der Waals surface area contributed by atoms with E-state index in [1.807, 2.05) is 12.1 Å². The molecule has 0 aromatic carbocycles. The number of furan rings is 1. The molecule has 0 saturated heterocycles. The molecule has 3 aliphatic rings. The van der Waals surface area contributed by atoms with Crippen molar-refractivity contribution in [2.24, 2.45) is 28.8 Å². The van der Waals surface area contributed by atoms with Gasteiger partial charge in [0.15, 0.2) is 5.11 Å². The molecule has 2 fully saturated rings. The molecule has 1 heterocycles. The second kappa shape index (κ2) is 5.30. The number of thiocarbonyl (C=S) groups is 1. The van der Waals surface area contributed by atoms with E-state index in [1.54, 1.807) is 12.5 Å². The second-order valence-corrected chi connectivity index (χ2v) is 6.67. The number of nitrogens with one attached hydrogen (secondary N) is 2. The van der Waals surface area contributed by atoms with Crippen molar-refractivity contribution in [3.8, 4) is 0 Å². The Morgan fingerprint density at radius 1 is 1.38 bits per heavy atom. The van der Waals surface area contributed by atoms with Gasteiger partial charge in [-0.1, -0.05) is 12.2 Å². The monoisotopic (exact) mass is 301 g/mol. The van der Waals surface area contributed by atoms with E-state index < -0.39 is 0 Å². The van der Waals surface area contributed by atoms with E-state index in [2.05, 4.69) is 28.0 Å². The molecule has 5 atom stereocenters. The molecule has 0 radical (unpaired) electrons. The Labute approximate surface area is 129 Å². The molecular weight excluding hydrogens is 282 g/mol. The van der Waals surface area contributed by atoms with Crippen LogP contribution in [0.1, 0.15) is 25.0 Å². The summed E-state index contributed by atoms with van der Waals surface area (Å²) >= 11 is 5.34. The van der Waals surface area contributed by atoms with Gasteiger partial charge in [0.25, 0.3) is 0 Å². The predicted molar refractivity (Wildman–Crippen MR) is 85.9 cm³/mol. The highest BCUT2D eigenvalue weighted by Crippen LogP contribution is 2.56. The molecule has 5 heteroatoms. The summed E-state index contributed by atoms with van der Waals surface area (Å²) in [6, 6.07) is 4.18. The highest BCUT2D eigenvalue weighted by Gasteiger charge is 2.52. The van der Waals surface area contributed by atoms with Crippen LogP contribution in [0, 0.1) is 23.7 Å². The van der Waals surface area contributed by atoms with Gasteiger partial charge in [-0.25, -0.2) is 0 Å². The van der Waals surface area contributed by atoms with Crippen LogP contribution in [-0.4, -0.2) is 17.4 Å². The highest BCUT2D eigenvalue weighted by atomic mass is 32.1. The fourth-order valence-corrected chi connectivity index (χ4v) is 4.64. The Morgan fingerprint density at radius 3 is 3.19 bits per heavy atom. The zero-order valence-corrected chi connectivity index (χ0v) is 12.6. The molecule has 1 aromatic rings. The van der Waals surface area contributed by atoms with Crippen LogP contribution in [0.3, 0.4) is 0 Å². The molecule has 2 N–H and O–H groups in total. The molecule has 3 aliphatic carbocycles. The minimum absolute atomic E-state index is 0.498. The number of hydrogen-bond donors (Lipinski definition) is 2. The van der Waals surface area contributed by atoms with Crippen LogP contribution >= 0.6 is 12.2 Å². The van der Waals surface area contributed by atoms with Gasteiger partial charge < -0.3 is 9.73 Å². The summed E-state index contributed by atoms with van der Waals surface area (Å²) in [6.07, 6.45) is 11.9. The normalized spacial score (nSPS) is 36.3. The third-order valence-corrected chi connectivity index (χ3v) is 5.44. The standard InChI is InChI=1S/C16H19N3OS/c21-16(19-17-9-11-3-2-6-20-11)18-15-8-10-7-14(15)13-5-1-4-12(10)13/h1-3,5-6,9-10,12-15H,4,7-8H2,(H2,18,19,21)/b17-9+. The number of hydrazone groups is 1. The average molecular weight is 301 g/mol. The molecule has 0 amide bonds. The lowest BCUT2D eigenvalue weighted by molar-refractivity contribution is 0.246. The minimum Gasteiger partial charge on any atom is -0.463 e. The van der Waals surface area contributed by atoms with E-state index in [0.29, 0.717) is 16.9 Å². The number of allylic oxidation sites excluding steroid dienone is 2. The SMILES string of the molecule is S=C(N/N=C/c1ccco1)NC1CC2CC1C1C=CCC21. The van der Waals surface area contributed by atoms with E-state index in [9.17, 15) is 0 Å². The number of rotatable bonds is 3. The molecule has 5 unspecified atom stereocenters. The first kappa shape index (κ1) is 13.1. The summed E-state index contributed by atoms with van der Waals surface area (Å²) in [5.41, 5.74) is 2.88. The molecule has 2 bridgehead atoms. The average Bonchev–Trinajstić information content (AvgIpc) is 3.21. The minimum atomic E-state index is 0.498. The van der Waals surface area contributed by atoms with Gasteiger partial charge >= 0.3 is 0 Å². The molecule has 4 nitrogen and oxygen atoms in total. The van der Waals surface area contributed by atoms with Crippen molar-refractivity contribution in [1.29, 1.82) is 0 Å². The number of nitrogens with zero attached hydrogens (tertiary/aromatic N) is 1. The van der Waals surface area contributed by atoms with Gasteiger partial charge in [-0.3, -0.25) is 5.43 Å². The Kier molecular flexibility index (Phi) is 3.30. The fraction of sp³-hybridized carbons (Fsp3) is 0.500. The zero-order chi connectivity index (χ0) is 14.2. The summed E-state index contributed by atoms with van der Waals surface area (Å²) in [4.78, 5) is 0. The van der Waals surface area contributed by atoms with Crippen molar-refractivity contribution in [2.45, 2.75) is 25.3 Å². The molecule has 21 heavy (non-hydrogen) atoms. The Balaban J connectivity index is 1.31. The third kappa shape index (κ3) is 2.39. The van der Waals surface area contributed by atoms with Crippen molar-refractivity contribution < 1.29 is 4.42 Å².